The van der Waals surface area contributed by atoms with Gasteiger partial charge in [-0.1, -0.05) is 18.2 Å². The molecule has 0 bridgehead atoms. The minimum Gasteiger partial charge on any atom is -0.481 e. The highest BCUT2D eigenvalue weighted by molar-refractivity contribution is 6.04. The molecule has 25 heavy (non-hydrogen) atoms. The standard InChI is InChI=1S/C17H18N6O2/c1-25-14-6-7-18-17(19-14)23-10-8-22(9-11-23)16(24)15-12-4-2-3-5-13(12)20-21-15/h2-7H,8-11H2,1H3,(H,20,21). The summed E-state index contributed by atoms with van der Waals surface area (Å²) in [6.07, 6.45) is 1.68. The Labute approximate surface area is 144 Å². The van der Waals surface area contributed by atoms with Gasteiger partial charge >= 0.3 is 0 Å². The molecule has 128 valence electrons. The van der Waals surface area contributed by atoms with E-state index in [1.807, 2.05) is 29.2 Å². The lowest BCUT2D eigenvalue weighted by molar-refractivity contribution is 0.0742. The topological polar surface area (TPSA) is 87.2 Å². The van der Waals surface area contributed by atoms with Crippen LogP contribution < -0.4 is 9.64 Å². The molecule has 0 unspecified atom stereocenters. The van der Waals surface area contributed by atoms with E-state index in [2.05, 4.69) is 25.1 Å². The number of methoxy groups -OCH3 is 1. The number of aromatic nitrogens is 4. The van der Waals surface area contributed by atoms with Crippen molar-refractivity contribution in [2.45, 2.75) is 0 Å². The van der Waals surface area contributed by atoms with Crippen molar-refractivity contribution in [1.29, 1.82) is 0 Å². The second-order valence-electron chi connectivity index (χ2n) is 5.80. The normalized spacial score (nSPS) is 14.8. The number of hydrogen-bond donors (Lipinski definition) is 1. The monoisotopic (exact) mass is 338 g/mol. The lowest BCUT2D eigenvalue weighted by Crippen LogP contribution is -2.49. The summed E-state index contributed by atoms with van der Waals surface area (Å²) in [6, 6.07) is 9.36. The molecule has 8 nitrogen and oxygen atoms in total. The summed E-state index contributed by atoms with van der Waals surface area (Å²) in [4.78, 5) is 25.3. The smallest absolute Gasteiger partial charge is 0.275 e. The molecular formula is C17H18N6O2. The number of ether oxygens (including phenoxy) is 1. The van der Waals surface area contributed by atoms with Crippen molar-refractivity contribution in [2.24, 2.45) is 0 Å². The Morgan fingerprint density at radius 2 is 1.96 bits per heavy atom. The average Bonchev–Trinajstić information content (AvgIpc) is 3.12. The lowest BCUT2D eigenvalue weighted by Gasteiger charge is -2.34. The van der Waals surface area contributed by atoms with Gasteiger partial charge in [0.2, 0.25) is 11.8 Å². The predicted molar refractivity (Wildman–Crippen MR) is 92.8 cm³/mol. The first-order valence-electron chi connectivity index (χ1n) is 8.10. The highest BCUT2D eigenvalue weighted by Gasteiger charge is 2.26. The maximum atomic E-state index is 12.8. The van der Waals surface area contributed by atoms with E-state index in [4.69, 9.17) is 4.74 Å². The van der Waals surface area contributed by atoms with Gasteiger partial charge in [-0.3, -0.25) is 9.89 Å². The van der Waals surface area contributed by atoms with E-state index in [9.17, 15) is 4.79 Å². The van der Waals surface area contributed by atoms with E-state index >= 15 is 0 Å². The Morgan fingerprint density at radius 3 is 2.76 bits per heavy atom. The molecule has 4 rings (SSSR count). The van der Waals surface area contributed by atoms with Gasteiger partial charge in [-0.2, -0.15) is 10.1 Å². The minimum atomic E-state index is -0.0522. The Hall–Kier alpha value is -3.16. The highest BCUT2D eigenvalue weighted by atomic mass is 16.5. The Kier molecular flexibility index (Phi) is 3.93. The van der Waals surface area contributed by atoms with Crippen molar-refractivity contribution in [1.82, 2.24) is 25.1 Å². The van der Waals surface area contributed by atoms with Crippen molar-refractivity contribution < 1.29 is 9.53 Å². The number of H-pyrrole nitrogens is 1. The molecule has 3 heterocycles. The lowest BCUT2D eigenvalue weighted by atomic mass is 10.2. The van der Waals surface area contributed by atoms with Gasteiger partial charge in [-0.15, -0.1) is 0 Å². The van der Waals surface area contributed by atoms with Crippen LogP contribution in [0, 0.1) is 0 Å². The number of hydrogen-bond acceptors (Lipinski definition) is 6. The zero-order valence-electron chi connectivity index (χ0n) is 13.8. The second-order valence-corrected chi connectivity index (χ2v) is 5.80. The van der Waals surface area contributed by atoms with E-state index < -0.39 is 0 Å². The number of fused-ring (bicyclic) bond motifs is 1. The van der Waals surface area contributed by atoms with Crippen LogP contribution in [0.1, 0.15) is 10.5 Å². The molecule has 2 aromatic heterocycles. The van der Waals surface area contributed by atoms with Gasteiger partial charge in [0.05, 0.1) is 12.6 Å². The first-order chi connectivity index (χ1) is 12.3. The number of aromatic amines is 1. The van der Waals surface area contributed by atoms with Crippen molar-refractivity contribution in [2.75, 3.05) is 38.2 Å². The van der Waals surface area contributed by atoms with Crippen LogP contribution in [0.3, 0.4) is 0 Å². The van der Waals surface area contributed by atoms with Gasteiger partial charge in [0.25, 0.3) is 5.91 Å². The number of piperazine rings is 1. The fourth-order valence-electron chi connectivity index (χ4n) is 2.98. The van der Waals surface area contributed by atoms with Crippen LogP contribution in [0.25, 0.3) is 10.9 Å². The molecule has 0 saturated carbocycles. The van der Waals surface area contributed by atoms with Gasteiger partial charge < -0.3 is 14.5 Å². The van der Waals surface area contributed by atoms with E-state index in [0.29, 0.717) is 43.7 Å². The van der Waals surface area contributed by atoms with E-state index in [0.717, 1.165) is 10.9 Å². The zero-order chi connectivity index (χ0) is 17.2. The molecule has 0 atom stereocenters. The van der Waals surface area contributed by atoms with E-state index in [-0.39, 0.29) is 5.91 Å². The zero-order valence-corrected chi connectivity index (χ0v) is 13.8. The van der Waals surface area contributed by atoms with Gasteiger partial charge in [-0.25, -0.2) is 4.98 Å². The second kappa shape index (κ2) is 6.39. The molecule has 1 fully saturated rings. The summed E-state index contributed by atoms with van der Waals surface area (Å²) in [5.41, 5.74) is 1.34. The molecule has 1 saturated heterocycles. The first kappa shape index (κ1) is 15.4. The number of nitrogens with one attached hydrogen (secondary N) is 1. The molecule has 8 heteroatoms. The summed E-state index contributed by atoms with van der Waals surface area (Å²) < 4.78 is 5.14. The molecule has 0 aliphatic carbocycles. The number of benzene rings is 1. The minimum absolute atomic E-state index is 0.0522. The van der Waals surface area contributed by atoms with Crippen molar-refractivity contribution >= 4 is 22.8 Å². The number of nitrogens with zero attached hydrogens (tertiary/aromatic N) is 5. The Morgan fingerprint density at radius 1 is 1.16 bits per heavy atom. The number of carbonyl (C=O) groups is 1. The summed E-state index contributed by atoms with van der Waals surface area (Å²) >= 11 is 0. The SMILES string of the molecule is COc1ccnc(N2CCN(C(=O)c3n[nH]c4ccccc34)CC2)n1. The molecule has 0 spiro atoms. The third-order valence-electron chi connectivity index (χ3n) is 4.35. The Balaban J connectivity index is 1.47. The van der Waals surface area contributed by atoms with Crippen molar-refractivity contribution in [3.63, 3.8) is 0 Å². The van der Waals surface area contributed by atoms with Crippen LogP contribution in [0.4, 0.5) is 5.95 Å². The third-order valence-corrected chi connectivity index (χ3v) is 4.35. The molecule has 1 aromatic carbocycles. The van der Waals surface area contributed by atoms with E-state index in [1.54, 1.807) is 19.4 Å². The molecule has 0 radical (unpaired) electrons. The summed E-state index contributed by atoms with van der Waals surface area (Å²) in [5.74, 6) is 1.10. The number of amides is 1. The molecule has 1 aliphatic heterocycles. The summed E-state index contributed by atoms with van der Waals surface area (Å²) in [7, 11) is 1.58. The molecule has 3 aromatic rings. The quantitative estimate of drug-likeness (QED) is 0.775. The van der Waals surface area contributed by atoms with Gasteiger partial charge in [-0.05, 0) is 6.07 Å². The number of rotatable bonds is 3. The van der Waals surface area contributed by atoms with Gasteiger partial charge in [0.15, 0.2) is 5.69 Å². The number of anilines is 1. The van der Waals surface area contributed by atoms with Crippen LogP contribution in [-0.2, 0) is 0 Å². The fourth-order valence-corrected chi connectivity index (χ4v) is 2.98. The van der Waals surface area contributed by atoms with E-state index in [1.165, 1.54) is 0 Å². The third kappa shape index (κ3) is 2.86. The fraction of sp³-hybridized carbons (Fsp3) is 0.294. The highest BCUT2D eigenvalue weighted by Crippen LogP contribution is 2.19. The van der Waals surface area contributed by atoms with Crippen molar-refractivity contribution in [3.8, 4) is 5.88 Å². The molecule has 1 amide bonds. The molecule has 1 N–H and O–H groups in total. The number of para-hydroxylation sites is 1. The Bertz CT molecular complexity index is 901. The van der Waals surface area contributed by atoms with Crippen LogP contribution in [0.2, 0.25) is 0 Å². The van der Waals surface area contributed by atoms with Gasteiger partial charge in [0.1, 0.15) is 0 Å². The maximum absolute atomic E-state index is 12.8. The van der Waals surface area contributed by atoms with Gasteiger partial charge in [0, 0.05) is 43.8 Å². The predicted octanol–water partition coefficient (Wildman–Crippen LogP) is 1.32. The molecule has 1 aliphatic rings. The van der Waals surface area contributed by atoms with Crippen molar-refractivity contribution in [3.05, 3.63) is 42.2 Å². The maximum Gasteiger partial charge on any atom is 0.275 e. The molecular weight excluding hydrogens is 320 g/mol. The largest absolute Gasteiger partial charge is 0.481 e. The summed E-state index contributed by atoms with van der Waals surface area (Å²) in [5, 5.41) is 7.97. The van der Waals surface area contributed by atoms with Crippen LogP contribution in [-0.4, -0.2) is 64.3 Å². The van der Waals surface area contributed by atoms with Crippen LogP contribution >= 0.6 is 0 Å². The average molecular weight is 338 g/mol. The first-order valence-corrected chi connectivity index (χ1v) is 8.10. The van der Waals surface area contributed by atoms with Crippen LogP contribution in [0.15, 0.2) is 36.5 Å². The number of carbonyl (C=O) groups excluding carboxylic acids is 1. The summed E-state index contributed by atoms with van der Waals surface area (Å²) in [6.45, 7) is 2.53. The van der Waals surface area contributed by atoms with Crippen LogP contribution in [0.5, 0.6) is 5.88 Å².